The zero-order valence-corrected chi connectivity index (χ0v) is 14.7. The van der Waals surface area contributed by atoms with Crippen molar-refractivity contribution in [2.45, 2.75) is 11.4 Å². The second-order valence-corrected chi connectivity index (χ2v) is 7.63. The zero-order valence-electron chi connectivity index (χ0n) is 13.9. The molecule has 0 spiro atoms. The molecule has 0 aliphatic carbocycles. The van der Waals surface area contributed by atoms with Crippen LogP contribution in [0.3, 0.4) is 0 Å². The Hall–Kier alpha value is -3.04. The zero-order chi connectivity index (χ0) is 18.7. The van der Waals surface area contributed by atoms with Crippen LogP contribution in [0.4, 0.5) is 5.69 Å². The summed E-state index contributed by atoms with van der Waals surface area (Å²) in [6.45, 7) is 0.0429. The lowest BCUT2D eigenvalue weighted by Gasteiger charge is -2.16. The third-order valence-corrected chi connectivity index (χ3v) is 5.66. The summed E-state index contributed by atoms with van der Waals surface area (Å²) < 4.78 is 28.2. The van der Waals surface area contributed by atoms with Gasteiger partial charge >= 0.3 is 0 Å². The highest BCUT2D eigenvalue weighted by Gasteiger charge is 2.29. The molecule has 2 aromatic carbocycles. The summed E-state index contributed by atoms with van der Waals surface area (Å²) in [7, 11) is -2.63. The van der Waals surface area contributed by atoms with Gasteiger partial charge in [-0.2, -0.15) is 9.40 Å². The fourth-order valence-electron chi connectivity index (χ4n) is 2.50. The first-order valence-electron chi connectivity index (χ1n) is 7.68. The fraction of sp³-hybridized carbons (Fsp3) is 0.118. The Morgan fingerprint density at radius 3 is 2.46 bits per heavy atom. The van der Waals surface area contributed by atoms with Crippen LogP contribution in [0.25, 0.3) is 5.69 Å². The fourth-order valence-corrected chi connectivity index (χ4v) is 3.81. The van der Waals surface area contributed by atoms with Gasteiger partial charge in [0.05, 0.1) is 16.8 Å². The van der Waals surface area contributed by atoms with Crippen molar-refractivity contribution in [3.63, 3.8) is 0 Å². The van der Waals surface area contributed by atoms with Gasteiger partial charge in [0, 0.05) is 31.4 Å². The second-order valence-electron chi connectivity index (χ2n) is 5.61. The Morgan fingerprint density at radius 1 is 1.12 bits per heavy atom. The molecule has 3 aromatic rings. The van der Waals surface area contributed by atoms with Crippen LogP contribution in [0, 0.1) is 10.1 Å². The summed E-state index contributed by atoms with van der Waals surface area (Å²) in [6.07, 6.45) is 3.29. The van der Waals surface area contributed by atoms with Crippen molar-refractivity contribution in [3.05, 3.63) is 82.7 Å². The topological polar surface area (TPSA) is 98.3 Å². The molecule has 0 unspecified atom stereocenters. The van der Waals surface area contributed by atoms with Crippen molar-refractivity contribution in [1.29, 1.82) is 0 Å². The smallest absolute Gasteiger partial charge is 0.258 e. The van der Waals surface area contributed by atoms with Crippen molar-refractivity contribution >= 4 is 15.7 Å². The standard InChI is InChI=1S/C17H16N4O4S/c1-19(26(24,25)17-10-6-5-9-16(17)21(22)23)12-14-11-18-20(13-14)15-7-3-2-4-8-15/h2-11,13H,12H2,1H3. The van der Waals surface area contributed by atoms with E-state index in [1.165, 1.54) is 31.3 Å². The van der Waals surface area contributed by atoms with Crippen LogP contribution in [0.2, 0.25) is 0 Å². The molecule has 0 N–H and O–H groups in total. The summed E-state index contributed by atoms with van der Waals surface area (Å²) >= 11 is 0. The van der Waals surface area contributed by atoms with Gasteiger partial charge in [-0.05, 0) is 18.2 Å². The maximum Gasteiger partial charge on any atom is 0.289 e. The number of para-hydroxylation sites is 2. The van der Waals surface area contributed by atoms with E-state index in [0.717, 1.165) is 9.99 Å². The van der Waals surface area contributed by atoms with Gasteiger partial charge in [-0.15, -0.1) is 0 Å². The Morgan fingerprint density at radius 2 is 1.77 bits per heavy atom. The lowest BCUT2D eigenvalue weighted by atomic mass is 10.3. The second kappa shape index (κ2) is 7.06. The third kappa shape index (κ3) is 3.48. The summed E-state index contributed by atoms with van der Waals surface area (Å²) in [4.78, 5) is 10.1. The molecule has 0 saturated heterocycles. The van der Waals surface area contributed by atoms with Gasteiger partial charge in [-0.3, -0.25) is 10.1 Å². The van der Waals surface area contributed by atoms with E-state index in [4.69, 9.17) is 0 Å². The molecule has 134 valence electrons. The van der Waals surface area contributed by atoms with Crippen molar-refractivity contribution in [2.24, 2.45) is 0 Å². The molecule has 1 aromatic heterocycles. The molecule has 0 amide bonds. The van der Waals surface area contributed by atoms with Crippen LogP contribution >= 0.6 is 0 Å². The maximum atomic E-state index is 12.7. The van der Waals surface area contributed by atoms with Gasteiger partial charge in [0.25, 0.3) is 5.69 Å². The normalized spacial score (nSPS) is 11.6. The van der Waals surface area contributed by atoms with E-state index in [1.54, 1.807) is 17.1 Å². The summed E-state index contributed by atoms with van der Waals surface area (Å²) in [5, 5.41) is 15.3. The van der Waals surface area contributed by atoms with Crippen molar-refractivity contribution < 1.29 is 13.3 Å². The Bertz CT molecular complexity index is 1030. The first-order chi connectivity index (χ1) is 12.4. The molecule has 9 heteroatoms. The number of benzene rings is 2. The quantitative estimate of drug-likeness (QED) is 0.489. The van der Waals surface area contributed by atoms with E-state index in [-0.39, 0.29) is 11.4 Å². The molecular formula is C17H16N4O4S. The lowest BCUT2D eigenvalue weighted by molar-refractivity contribution is -0.387. The molecule has 26 heavy (non-hydrogen) atoms. The molecule has 8 nitrogen and oxygen atoms in total. The molecule has 0 atom stereocenters. The summed E-state index contributed by atoms with van der Waals surface area (Å²) in [5.41, 5.74) is 1.07. The van der Waals surface area contributed by atoms with Gasteiger partial charge in [-0.1, -0.05) is 30.3 Å². The molecule has 3 rings (SSSR count). The van der Waals surface area contributed by atoms with Gasteiger partial charge in [-0.25, -0.2) is 13.1 Å². The Labute approximate surface area is 150 Å². The van der Waals surface area contributed by atoms with E-state index in [1.807, 2.05) is 30.3 Å². The highest BCUT2D eigenvalue weighted by molar-refractivity contribution is 7.89. The first-order valence-corrected chi connectivity index (χ1v) is 9.12. The van der Waals surface area contributed by atoms with E-state index in [0.29, 0.717) is 5.56 Å². The minimum absolute atomic E-state index is 0.0429. The number of hydrogen-bond acceptors (Lipinski definition) is 5. The molecule has 0 radical (unpaired) electrons. The average molecular weight is 372 g/mol. The van der Waals surface area contributed by atoms with Gasteiger partial charge in [0.1, 0.15) is 0 Å². The molecule has 0 aliphatic heterocycles. The monoisotopic (exact) mass is 372 g/mol. The molecule has 0 aliphatic rings. The van der Waals surface area contributed by atoms with Gasteiger partial charge < -0.3 is 0 Å². The number of rotatable bonds is 6. The van der Waals surface area contributed by atoms with E-state index in [9.17, 15) is 18.5 Å². The maximum absolute atomic E-state index is 12.7. The molecule has 0 fully saturated rings. The SMILES string of the molecule is CN(Cc1cnn(-c2ccccc2)c1)S(=O)(=O)c1ccccc1[N+](=O)[O-]. The van der Waals surface area contributed by atoms with E-state index >= 15 is 0 Å². The van der Waals surface area contributed by atoms with Crippen molar-refractivity contribution in [1.82, 2.24) is 14.1 Å². The number of sulfonamides is 1. The van der Waals surface area contributed by atoms with Gasteiger partial charge in [0.15, 0.2) is 4.90 Å². The number of aromatic nitrogens is 2. The molecule has 0 saturated carbocycles. The van der Waals surface area contributed by atoms with Crippen LogP contribution in [0.5, 0.6) is 0 Å². The predicted molar refractivity (Wildman–Crippen MR) is 95.3 cm³/mol. The minimum atomic E-state index is -4.01. The van der Waals surface area contributed by atoms with Crippen LogP contribution in [0.1, 0.15) is 5.56 Å². The predicted octanol–water partition coefficient (Wildman–Crippen LogP) is 2.60. The lowest BCUT2D eigenvalue weighted by Crippen LogP contribution is -2.27. The van der Waals surface area contributed by atoms with Crippen LogP contribution in [-0.2, 0) is 16.6 Å². The van der Waals surface area contributed by atoms with Crippen LogP contribution < -0.4 is 0 Å². The van der Waals surface area contributed by atoms with Crippen molar-refractivity contribution in [3.8, 4) is 5.69 Å². The molecule has 1 heterocycles. The van der Waals surface area contributed by atoms with Crippen molar-refractivity contribution in [2.75, 3.05) is 7.05 Å². The average Bonchev–Trinajstić information content (AvgIpc) is 3.11. The van der Waals surface area contributed by atoms with Crippen LogP contribution in [-0.4, -0.2) is 34.5 Å². The number of nitro groups is 1. The van der Waals surface area contributed by atoms with Gasteiger partial charge in [0.2, 0.25) is 10.0 Å². The number of nitro benzene ring substituents is 1. The Balaban J connectivity index is 1.85. The minimum Gasteiger partial charge on any atom is -0.258 e. The summed E-state index contributed by atoms with van der Waals surface area (Å²) in [6, 6.07) is 14.7. The number of hydrogen-bond donors (Lipinski definition) is 0. The summed E-state index contributed by atoms with van der Waals surface area (Å²) in [5.74, 6) is 0. The third-order valence-electron chi connectivity index (χ3n) is 3.81. The highest BCUT2D eigenvalue weighted by Crippen LogP contribution is 2.26. The van der Waals surface area contributed by atoms with E-state index in [2.05, 4.69) is 5.10 Å². The highest BCUT2D eigenvalue weighted by atomic mass is 32.2. The molecular weight excluding hydrogens is 356 g/mol. The van der Waals surface area contributed by atoms with Crippen LogP contribution in [0.15, 0.2) is 71.9 Å². The molecule has 0 bridgehead atoms. The van der Waals surface area contributed by atoms with E-state index < -0.39 is 20.6 Å². The first kappa shape index (κ1) is 17.8. The largest absolute Gasteiger partial charge is 0.289 e. The number of nitrogens with zero attached hydrogens (tertiary/aromatic N) is 4. The Kier molecular flexibility index (Phi) is 4.83.